The number of hydrogen-bond acceptors (Lipinski definition) is 7. The van der Waals surface area contributed by atoms with Gasteiger partial charge in [0, 0.05) is 52.0 Å². The Morgan fingerprint density at radius 1 is 1.42 bits per heavy atom. The van der Waals surface area contributed by atoms with Gasteiger partial charge in [-0.05, 0) is 12.1 Å². The van der Waals surface area contributed by atoms with E-state index in [2.05, 4.69) is 20.1 Å². The van der Waals surface area contributed by atoms with E-state index in [-0.39, 0.29) is 0 Å². The molecule has 0 aliphatic carbocycles. The first kappa shape index (κ1) is 17.1. The largest absolute Gasteiger partial charge is 0.385 e. The van der Waals surface area contributed by atoms with E-state index in [4.69, 9.17) is 10.5 Å². The molecule has 8 heteroatoms. The van der Waals surface area contributed by atoms with Crippen LogP contribution in [0.15, 0.2) is 18.3 Å². The SMILES string of the molecule is NC(=O)c1cccnc1N1CCN(C[C@]2(O)CNCCOC2)CC1. The average molecular weight is 335 g/mol. The molecule has 132 valence electrons. The maximum absolute atomic E-state index is 11.6. The monoisotopic (exact) mass is 335 g/mol. The van der Waals surface area contributed by atoms with E-state index in [0.717, 1.165) is 32.7 Å². The lowest BCUT2D eigenvalue weighted by molar-refractivity contribution is -0.0495. The maximum Gasteiger partial charge on any atom is 0.252 e. The summed E-state index contributed by atoms with van der Waals surface area (Å²) in [4.78, 5) is 20.2. The number of primary amides is 1. The normalized spacial score (nSPS) is 26.1. The number of nitrogens with one attached hydrogen (secondary N) is 1. The van der Waals surface area contributed by atoms with Crippen molar-refractivity contribution < 1.29 is 14.6 Å². The van der Waals surface area contributed by atoms with Crippen LogP contribution < -0.4 is 16.0 Å². The minimum atomic E-state index is -0.859. The molecule has 1 aromatic rings. The summed E-state index contributed by atoms with van der Waals surface area (Å²) in [5.41, 5.74) is 5.03. The Balaban J connectivity index is 1.59. The second kappa shape index (κ2) is 7.43. The van der Waals surface area contributed by atoms with Crippen molar-refractivity contribution in [2.45, 2.75) is 5.60 Å². The molecular formula is C16H25N5O3. The number of carbonyl (C=O) groups is 1. The lowest BCUT2D eigenvalue weighted by Crippen LogP contribution is -2.56. The fourth-order valence-electron chi connectivity index (χ4n) is 3.26. The maximum atomic E-state index is 11.6. The van der Waals surface area contributed by atoms with E-state index in [1.807, 2.05) is 0 Å². The van der Waals surface area contributed by atoms with E-state index in [1.54, 1.807) is 18.3 Å². The van der Waals surface area contributed by atoms with E-state index in [9.17, 15) is 9.90 Å². The third-order valence-corrected chi connectivity index (χ3v) is 4.49. The van der Waals surface area contributed by atoms with Crippen molar-refractivity contribution in [1.82, 2.24) is 15.2 Å². The predicted molar refractivity (Wildman–Crippen MR) is 90.0 cm³/mol. The topological polar surface area (TPSA) is 104 Å². The fourth-order valence-corrected chi connectivity index (χ4v) is 3.26. The van der Waals surface area contributed by atoms with Crippen LogP contribution in [0.2, 0.25) is 0 Å². The molecule has 8 nitrogen and oxygen atoms in total. The molecule has 1 amide bonds. The van der Waals surface area contributed by atoms with Crippen LogP contribution in [0.4, 0.5) is 5.82 Å². The third-order valence-electron chi connectivity index (χ3n) is 4.49. The zero-order chi connectivity index (χ0) is 17.0. The lowest BCUT2D eigenvalue weighted by atomic mass is 10.0. The summed E-state index contributed by atoms with van der Waals surface area (Å²) in [5, 5.41) is 13.9. The number of ether oxygens (including phenoxy) is 1. The predicted octanol–water partition coefficient (Wildman–Crippen LogP) is -1.35. The molecular weight excluding hydrogens is 310 g/mol. The number of nitrogens with zero attached hydrogens (tertiary/aromatic N) is 3. The van der Waals surface area contributed by atoms with Gasteiger partial charge in [0.1, 0.15) is 11.4 Å². The molecule has 0 radical (unpaired) electrons. The fraction of sp³-hybridized carbons (Fsp3) is 0.625. The smallest absolute Gasteiger partial charge is 0.252 e. The van der Waals surface area contributed by atoms with Crippen LogP contribution in [0.1, 0.15) is 10.4 Å². The van der Waals surface area contributed by atoms with Crippen molar-refractivity contribution in [2.75, 3.05) is 63.9 Å². The first-order valence-corrected chi connectivity index (χ1v) is 8.30. The van der Waals surface area contributed by atoms with Crippen LogP contribution in [0.5, 0.6) is 0 Å². The van der Waals surface area contributed by atoms with Crippen molar-refractivity contribution in [3.05, 3.63) is 23.9 Å². The van der Waals surface area contributed by atoms with Crippen molar-refractivity contribution in [1.29, 1.82) is 0 Å². The molecule has 3 rings (SSSR count). The summed E-state index contributed by atoms with van der Waals surface area (Å²) < 4.78 is 5.47. The number of anilines is 1. The number of aliphatic hydroxyl groups is 1. The highest BCUT2D eigenvalue weighted by atomic mass is 16.5. The molecule has 0 spiro atoms. The van der Waals surface area contributed by atoms with E-state index in [0.29, 0.717) is 37.7 Å². The minimum absolute atomic E-state index is 0.353. The van der Waals surface area contributed by atoms with Gasteiger partial charge in [0.25, 0.3) is 5.91 Å². The Kier molecular flexibility index (Phi) is 5.30. The Morgan fingerprint density at radius 2 is 2.21 bits per heavy atom. The molecule has 1 atom stereocenters. The molecule has 4 N–H and O–H groups in total. The average Bonchev–Trinajstić information content (AvgIpc) is 2.80. The van der Waals surface area contributed by atoms with Gasteiger partial charge in [0.15, 0.2) is 0 Å². The van der Waals surface area contributed by atoms with Gasteiger partial charge < -0.3 is 25.8 Å². The van der Waals surface area contributed by atoms with Gasteiger partial charge in [-0.3, -0.25) is 9.69 Å². The number of hydrogen-bond donors (Lipinski definition) is 3. The summed E-state index contributed by atoms with van der Waals surface area (Å²) in [7, 11) is 0. The van der Waals surface area contributed by atoms with E-state index < -0.39 is 11.5 Å². The number of pyridine rings is 1. The number of β-amino-alcohol motifs (C(OH)–C–C–N with tert-alkyl or cyclic N) is 1. The van der Waals surface area contributed by atoms with Crippen LogP contribution in [0.25, 0.3) is 0 Å². The Hall–Kier alpha value is -1.74. The highest BCUT2D eigenvalue weighted by Gasteiger charge is 2.33. The van der Waals surface area contributed by atoms with Crippen molar-refractivity contribution in [3.63, 3.8) is 0 Å². The molecule has 2 aliphatic heterocycles. The molecule has 0 unspecified atom stereocenters. The van der Waals surface area contributed by atoms with Crippen LogP contribution >= 0.6 is 0 Å². The van der Waals surface area contributed by atoms with Crippen LogP contribution in [-0.2, 0) is 4.74 Å². The number of carbonyl (C=O) groups excluding carboxylic acids is 1. The van der Waals surface area contributed by atoms with Gasteiger partial charge in [-0.15, -0.1) is 0 Å². The summed E-state index contributed by atoms with van der Waals surface area (Å²) in [5.74, 6) is 0.180. The summed E-state index contributed by atoms with van der Waals surface area (Å²) in [6.45, 7) is 5.92. The molecule has 0 aromatic carbocycles. The van der Waals surface area contributed by atoms with Gasteiger partial charge in [-0.25, -0.2) is 4.98 Å². The van der Waals surface area contributed by atoms with Crippen molar-refractivity contribution >= 4 is 11.7 Å². The second-order valence-electron chi connectivity index (χ2n) is 6.46. The van der Waals surface area contributed by atoms with Gasteiger partial charge in [0.2, 0.25) is 0 Å². The molecule has 0 saturated carbocycles. The number of aromatic nitrogens is 1. The first-order chi connectivity index (χ1) is 11.6. The van der Waals surface area contributed by atoms with Crippen LogP contribution in [0, 0.1) is 0 Å². The molecule has 2 saturated heterocycles. The van der Waals surface area contributed by atoms with Crippen LogP contribution in [0.3, 0.4) is 0 Å². The third kappa shape index (κ3) is 4.02. The van der Waals surface area contributed by atoms with Crippen molar-refractivity contribution in [2.24, 2.45) is 5.73 Å². The molecule has 3 heterocycles. The summed E-state index contributed by atoms with van der Waals surface area (Å²) in [6.07, 6.45) is 1.67. The van der Waals surface area contributed by atoms with Crippen molar-refractivity contribution in [3.8, 4) is 0 Å². The summed E-state index contributed by atoms with van der Waals surface area (Å²) in [6, 6.07) is 3.42. The molecule has 24 heavy (non-hydrogen) atoms. The lowest BCUT2D eigenvalue weighted by Gasteiger charge is -2.39. The Bertz CT molecular complexity index is 567. The van der Waals surface area contributed by atoms with Gasteiger partial charge in [0.05, 0.1) is 18.8 Å². The summed E-state index contributed by atoms with van der Waals surface area (Å²) >= 11 is 0. The molecule has 2 fully saturated rings. The highest BCUT2D eigenvalue weighted by Crippen LogP contribution is 2.19. The zero-order valence-electron chi connectivity index (χ0n) is 13.8. The Labute approximate surface area is 141 Å². The van der Waals surface area contributed by atoms with Gasteiger partial charge in [-0.2, -0.15) is 0 Å². The number of piperazine rings is 1. The second-order valence-corrected chi connectivity index (χ2v) is 6.46. The Morgan fingerprint density at radius 3 is 2.96 bits per heavy atom. The number of amides is 1. The van der Waals surface area contributed by atoms with Gasteiger partial charge >= 0.3 is 0 Å². The number of nitrogens with two attached hydrogens (primary N) is 1. The standard InChI is InChI=1S/C16H25N5O3/c17-14(22)13-2-1-3-19-15(13)21-7-5-20(6-8-21)11-16(23)10-18-4-9-24-12-16/h1-3,18,23H,4-12H2,(H2,17,22)/t16-/m1/s1. The van der Waals surface area contributed by atoms with E-state index in [1.165, 1.54) is 0 Å². The zero-order valence-corrected chi connectivity index (χ0v) is 13.8. The quantitative estimate of drug-likeness (QED) is 0.625. The molecule has 0 bridgehead atoms. The van der Waals surface area contributed by atoms with Crippen LogP contribution in [-0.4, -0.2) is 85.5 Å². The molecule has 2 aliphatic rings. The van der Waals surface area contributed by atoms with E-state index >= 15 is 0 Å². The minimum Gasteiger partial charge on any atom is -0.385 e. The molecule has 1 aromatic heterocycles. The number of rotatable bonds is 4. The highest BCUT2D eigenvalue weighted by molar-refractivity contribution is 5.97. The first-order valence-electron chi connectivity index (χ1n) is 8.30. The van der Waals surface area contributed by atoms with Gasteiger partial charge in [-0.1, -0.05) is 0 Å².